The Hall–Kier alpha value is -4.85. The van der Waals surface area contributed by atoms with Crippen LogP contribution in [0.3, 0.4) is 0 Å². The van der Waals surface area contributed by atoms with Crippen molar-refractivity contribution in [3.8, 4) is 28.2 Å². The van der Waals surface area contributed by atoms with E-state index in [0.717, 1.165) is 16.4 Å². The Kier molecular flexibility index (Phi) is 7.53. The van der Waals surface area contributed by atoms with Crippen molar-refractivity contribution in [1.29, 1.82) is 0 Å². The van der Waals surface area contributed by atoms with Crippen LogP contribution in [0.25, 0.3) is 28.2 Å². The second kappa shape index (κ2) is 11.3. The van der Waals surface area contributed by atoms with Crippen molar-refractivity contribution in [3.63, 3.8) is 0 Å². The number of halogens is 4. The van der Waals surface area contributed by atoms with Gasteiger partial charge in [0.25, 0.3) is 5.56 Å². The average molecular weight is 624 g/mol. The normalized spacial score (nSPS) is 17.4. The first-order chi connectivity index (χ1) is 21.0. The molecule has 0 radical (unpaired) electrons. The van der Waals surface area contributed by atoms with Crippen LogP contribution in [0.4, 0.5) is 18.9 Å². The number of hydrogen-bond acceptors (Lipinski definition) is 7. The summed E-state index contributed by atoms with van der Waals surface area (Å²) in [5, 5.41) is 14.4. The minimum Gasteiger partial charge on any atom is -0.323 e. The largest absolute Gasteiger partial charge is 0.436 e. The Morgan fingerprint density at radius 2 is 1.89 bits per heavy atom. The van der Waals surface area contributed by atoms with Gasteiger partial charge in [0.1, 0.15) is 0 Å². The lowest BCUT2D eigenvalue weighted by atomic mass is 9.97. The summed E-state index contributed by atoms with van der Waals surface area (Å²) in [4.78, 5) is 35.7. The first-order valence-electron chi connectivity index (χ1n) is 13.7. The fourth-order valence-electron chi connectivity index (χ4n) is 5.30. The quantitative estimate of drug-likeness (QED) is 0.289. The molecular formula is C29H25ClF3N9O2. The number of hydrogen-bond donors (Lipinski definition) is 1. The molecule has 0 saturated carbocycles. The lowest BCUT2D eigenvalue weighted by Crippen LogP contribution is -2.27. The Labute approximate surface area is 253 Å². The van der Waals surface area contributed by atoms with Crippen LogP contribution in [0.1, 0.15) is 43.6 Å². The van der Waals surface area contributed by atoms with E-state index < -0.39 is 23.5 Å². The molecule has 6 rings (SSSR count). The molecule has 11 nitrogen and oxygen atoms in total. The maximum absolute atomic E-state index is 13.7. The van der Waals surface area contributed by atoms with Gasteiger partial charge in [0.15, 0.2) is 5.69 Å². The van der Waals surface area contributed by atoms with Crippen LogP contribution in [-0.2, 0) is 18.0 Å². The summed E-state index contributed by atoms with van der Waals surface area (Å²) in [5.41, 5.74) is 1.78. The van der Waals surface area contributed by atoms with E-state index in [1.54, 1.807) is 24.1 Å². The van der Waals surface area contributed by atoms with Gasteiger partial charge in [-0.05, 0) is 43.2 Å². The average Bonchev–Trinajstić information content (AvgIpc) is 3.62. The molecule has 1 aromatic carbocycles. The zero-order chi connectivity index (χ0) is 31.2. The van der Waals surface area contributed by atoms with E-state index in [0.29, 0.717) is 46.9 Å². The Morgan fingerprint density at radius 1 is 1.07 bits per heavy atom. The number of carbonyl (C=O) groups excluding carboxylic acids is 1. The lowest BCUT2D eigenvalue weighted by molar-refractivity contribution is -0.141. The summed E-state index contributed by atoms with van der Waals surface area (Å²) in [5.74, 6) is -0.413. The molecule has 226 valence electrons. The van der Waals surface area contributed by atoms with E-state index in [2.05, 4.69) is 30.7 Å². The minimum atomic E-state index is -4.68. The number of nitrogens with one attached hydrogen (secondary N) is 1. The number of alkyl halides is 3. The fourth-order valence-corrected chi connectivity index (χ4v) is 5.47. The standard InChI is InChI=1S/C29H25ClF3N9O2/c1-16-4-3-5-24(21-10-17(8-9-34-21)27-22(37-28(16)44)13-36-40(27)2)41-15-35-20(12-26(41)43)19-11-18(30)6-7-23(19)42-14-25(38-39-42)29(31,32)33/h6-16,24H,3-5H2,1-2H3,(H,37,44)/t16-,24+/m1/s1. The Bertz CT molecular complexity index is 1930. The van der Waals surface area contributed by atoms with Crippen molar-refractivity contribution in [2.24, 2.45) is 13.0 Å². The number of anilines is 1. The molecule has 44 heavy (non-hydrogen) atoms. The smallest absolute Gasteiger partial charge is 0.323 e. The zero-order valence-corrected chi connectivity index (χ0v) is 24.2. The van der Waals surface area contributed by atoms with Gasteiger partial charge in [-0.15, -0.1) is 5.10 Å². The van der Waals surface area contributed by atoms with E-state index in [1.807, 2.05) is 19.1 Å². The maximum atomic E-state index is 13.7. The van der Waals surface area contributed by atoms with Crippen LogP contribution < -0.4 is 10.9 Å². The predicted octanol–water partition coefficient (Wildman–Crippen LogP) is 5.31. The monoisotopic (exact) mass is 623 g/mol. The molecule has 0 aliphatic carbocycles. The van der Waals surface area contributed by atoms with E-state index in [4.69, 9.17) is 11.6 Å². The van der Waals surface area contributed by atoms with Gasteiger partial charge in [-0.2, -0.15) is 18.3 Å². The number of rotatable bonds is 3. The van der Waals surface area contributed by atoms with Crippen LogP contribution in [0.5, 0.6) is 0 Å². The number of fused-ring (bicyclic) bond motifs is 4. The highest BCUT2D eigenvalue weighted by Gasteiger charge is 2.35. The van der Waals surface area contributed by atoms with E-state index >= 15 is 0 Å². The van der Waals surface area contributed by atoms with Gasteiger partial charge in [0, 0.05) is 41.4 Å². The fraction of sp³-hybridized carbons (Fsp3) is 0.276. The second-order valence-electron chi connectivity index (χ2n) is 10.6. The number of amides is 1. The van der Waals surface area contributed by atoms with Gasteiger partial charge in [-0.25, -0.2) is 9.67 Å². The highest BCUT2D eigenvalue weighted by molar-refractivity contribution is 6.31. The van der Waals surface area contributed by atoms with Crippen molar-refractivity contribution in [2.45, 2.75) is 38.4 Å². The number of pyridine rings is 1. The Morgan fingerprint density at radius 3 is 2.64 bits per heavy atom. The van der Waals surface area contributed by atoms with Gasteiger partial charge in [-0.1, -0.05) is 30.2 Å². The summed E-state index contributed by atoms with van der Waals surface area (Å²) in [6.07, 6.45) is 2.39. The number of nitrogens with zero attached hydrogens (tertiary/aromatic N) is 8. The topological polar surface area (TPSA) is 125 Å². The molecule has 2 atom stereocenters. The number of carbonyl (C=O) groups is 1. The van der Waals surface area contributed by atoms with Crippen LogP contribution in [0, 0.1) is 5.92 Å². The third-order valence-corrected chi connectivity index (χ3v) is 7.83. The molecule has 0 spiro atoms. The molecule has 1 N–H and O–H groups in total. The van der Waals surface area contributed by atoms with Crippen molar-refractivity contribution >= 4 is 23.2 Å². The number of aromatic nitrogens is 8. The predicted molar refractivity (Wildman–Crippen MR) is 155 cm³/mol. The van der Waals surface area contributed by atoms with Crippen LogP contribution >= 0.6 is 11.6 Å². The van der Waals surface area contributed by atoms with E-state index in [1.165, 1.54) is 35.2 Å². The van der Waals surface area contributed by atoms with Gasteiger partial charge < -0.3 is 5.32 Å². The molecule has 0 fully saturated rings. The molecule has 4 aromatic heterocycles. The van der Waals surface area contributed by atoms with E-state index in [9.17, 15) is 22.8 Å². The first-order valence-corrected chi connectivity index (χ1v) is 14.0. The van der Waals surface area contributed by atoms with Crippen LogP contribution in [0.2, 0.25) is 5.02 Å². The summed E-state index contributed by atoms with van der Waals surface area (Å²) in [6, 6.07) is 8.92. The number of benzene rings is 1. The van der Waals surface area contributed by atoms with Crippen molar-refractivity contribution < 1.29 is 18.0 Å². The Balaban J connectivity index is 1.42. The zero-order valence-electron chi connectivity index (χ0n) is 23.5. The number of aryl methyl sites for hydroxylation is 1. The van der Waals surface area contributed by atoms with Crippen molar-refractivity contribution in [3.05, 3.63) is 88.1 Å². The second-order valence-corrected chi connectivity index (χ2v) is 11.0. The van der Waals surface area contributed by atoms with Gasteiger partial charge in [0.05, 0.1) is 53.2 Å². The highest BCUT2D eigenvalue weighted by atomic mass is 35.5. The van der Waals surface area contributed by atoms with Gasteiger partial charge in [0.2, 0.25) is 5.91 Å². The first kappa shape index (κ1) is 29.2. The molecular weight excluding hydrogens is 599 g/mol. The van der Waals surface area contributed by atoms with Gasteiger partial charge in [-0.3, -0.25) is 23.8 Å². The minimum absolute atomic E-state index is 0.124. The molecule has 2 bridgehead atoms. The molecule has 15 heteroatoms. The maximum Gasteiger partial charge on any atom is 0.436 e. The van der Waals surface area contributed by atoms with E-state index in [-0.39, 0.29) is 23.2 Å². The molecule has 0 unspecified atom stereocenters. The summed E-state index contributed by atoms with van der Waals surface area (Å²) in [6.45, 7) is 1.85. The SMILES string of the molecule is C[C@@H]1CCC[C@H](n2cnc(-c3cc(Cl)ccc3-n3cc(C(F)(F)F)nn3)cc2=O)c2cc(ccn2)-c2c(cnn2C)NC1=O. The molecule has 1 aliphatic rings. The molecule has 1 aliphatic heterocycles. The van der Waals surface area contributed by atoms with Gasteiger partial charge >= 0.3 is 6.18 Å². The molecule has 0 saturated heterocycles. The highest BCUT2D eigenvalue weighted by Crippen LogP contribution is 2.34. The van der Waals surface area contributed by atoms with Crippen molar-refractivity contribution in [2.75, 3.05) is 5.32 Å². The lowest BCUT2D eigenvalue weighted by Gasteiger charge is -2.22. The summed E-state index contributed by atoms with van der Waals surface area (Å²) >= 11 is 6.23. The molecule has 5 heterocycles. The van der Waals surface area contributed by atoms with Crippen LogP contribution in [0.15, 0.2) is 66.1 Å². The van der Waals surface area contributed by atoms with Crippen molar-refractivity contribution in [1.82, 2.24) is 39.3 Å². The third-order valence-electron chi connectivity index (χ3n) is 7.59. The molecule has 1 amide bonds. The molecule has 5 aromatic rings. The summed E-state index contributed by atoms with van der Waals surface area (Å²) < 4.78 is 43.7. The third kappa shape index (κ3) is 5.60. The van der Waals surface area contributed by atoms with Crippen LogP contribution in [-0.4, -0.2) is 45.2 Å². The summed E-state index contributed by atoms with van der Waals surface area (Å²) in [7, 11) is 1.78.